The van der Waals surface area contributed by atoms with E-state index in [1.807, 2.05) is 24.3 Å². The number of carbonyl (C=O) groups is 4. The smallest absolute Gasteiger partial charge is 0.262 e. The van der Waals surface area contributed by atoms with Crippen molar-refractivity contribution in [2.45, 2.75) is 88.4 Å². The third-order valence-electron chi connectivity index (χ3n) is 14.1. The highest BCUT2D eigenvalue weighted by Gasteiger charge is 2.46. The first-order valence-corrected chi connectivity index (χ1v) is 21.3. The third-order valence-corrected chi connectivity index (χ3v) is 14.1. The number of imide groups is 2. The molecule has 0 spiro atoms. The number of anilines is 1. The third kappa shape index (κ3) is 6.79. The Hall–Kier alpha value is -5.32. The second-order valence-electron chi connectivity index (χ2n) is 17.5. The zero-order valence-corrected chi connectivity index (χ0v) is 32.9. The van der Waals surface area contributed by atoms with Crippen LogP contribution in [0.15, 0.2) is 84.9 Å². The molecule has 3 saturated heterocycles. The number of benzene rings is 4. The normalized spacial score (nSPS) is 24.5. The summed E-state index contributed by atoms with van der Waals surface area (Å²) in [7, 11) is 0. The fourth-order valence-corrected chi connectivity index (χ4v) is 11.0. The Kier molecular flexibility index (Phi) is 9.64. The van der Waals surface area contributed by atoms with Gasteiger partial charge in [0.2, 0.25) is 11.8 Å². The van der Waals surface area contributed by atoms with Gasteiger partial charge in [0.25, 0.3) is 11.8 Å². The lowest BCUT2D eigenvalue weighted by atomic mass is 9.69. The SMILES string of the molecule is O=C1CCC(N2C(=O)c3cc4c(cc3C2=O)CN(C2CCN(CC3CCN(c5ccc(C6c7ccc(O)cc7CCC6c6ccccc6)cc5)CC3)CC2)C4)C(=O)N1. The predicted octanol–water partition coefficient (Wildman–Crippen LogP) is 6.35. The van der Waals surface area contributed by atoms with E-state index < -0.39 is 23.8 Å². The summed E-state index contributed by atoms with van der Waals surface area (Å²) in [6, 6.07) is 29.5. The van der Waals surface area contributed by atoms with Gasteiger partial charge in [0.15, 0.2) is 0 Å². The minimum Gasteiger partial charge on any atom is -0.508 e. The summed E-state index contributed by atoms with van der Waals surface area (Å²) in [6.07, 6.45) is 6.93. The maximum Gasteiger partial charge on any atom is 0.262 e. The van der Waals surface area contributed by atoms with Crippen molar-refractivity contribution in [1.82, 2.24) is 20.0 Å². The molecule has 10 rings (SSSR count). The van der Waals surface area contributed by atoms with Gasteiger partial charge in [0.05, 0.1) is 11.1 Å². The summed E-state index contributed by atoms with van der Waals surface area (Å²) in [5.41, 5.74) is 9.54. The monoisotopic (exact) mass is 777 g/mol. The maximum absolute atomic E-state index is 13.4. The van der Waals surface area contributed by atoms with E-state index in [0.29, 0.717) is 34.8 Å². The second-order valence-corrected chi connectivity index (χ2v) is 17.5. The number of aromatic hydroxyl groups is 1. The lowest BCUT2D eigenvalue weighted by molar-refractivity contribution is -0.136. The van der Waals surface area contributed by atoms with Gasteiger partial charge in [-0.2, -0.15) is 0 Å². The minimum atomic E-state index is -0.940. The van der Waals surface area contributed by atoms with Crippen LogP contribution in [0.3, 0.4) is 0 Å². The first kappa shape index (κ1) is 37.0. The van der Waals surface area contributed by atoms with Crippen LogP contribution in [-0.4, -0.2) is 88.2 Å². The summed E-state index contributed by atoms with van der Waals surface area (Å²) >= 11 is 0. The number of fused-ring (bicyclic) bond motifs is 3. The van der Waals surface area contributed by atoms with Gasteiger partial charge in [-0.05, 0) is 140 Å². The number of hydrogen-bond acceptors (Lipinski definition) is 8. The molecule has 2 N–H and O–H groups in total. The Morgan fingerprint density at radius 1 is 0.655 bits per heavy atom. The number of phenolic OH excluding ortho intramolecular Hbond substituents is 1. The molecule has 0 aromatic heterocycles. The average molecular weight is 778 g/mol. The van der Waals surface area contributed by atoms with E-state index in [-0.39, 0.29) is 24.7 Å². The number of phenols is 1. The van der Waals surface area contributed by atoms with Crippen molar-refractivity contribution < 1.29 is 24.3 Å². The molecule has 0 saturated carbocycles. The Labute approximate surface area is 339 Å². The van der Waals surface area contributed by atoms with Gasteiger partial charge in [0, 0.05) is 56.8 Å². The number of hydrogen-bond donors (Lipinski definition) is 2. The Bertz CT molecular complexity index is 2210. The quantitative estimate of drug-likeness (QED) is 0.209. The fourth-order valence-electron chi connectivity index (χ4n) is 11.0. The molecule has 3 unspecified atom stereocenters. The number of carbonyl (C=O) groups excluding carboxylic acids is 4. The van der Waals surface area contributed by atoms with Crippen molar-refractivity contribution >= 4 is 29.3 Å². The van der Waals surface area contributed by atoms with E-state index >= 15 is 0 Å². The summed E-state index contributed by atoms with van der Waals surface area (Å²) in [5, 5.41) is 12.5. The largest absolute Gasteiger partial charge is 0.508 e. The van der Waals surface area contributed by atoms with Crippen LogP contribution in [0.4, 0.5) is 5.69 Å². The van der Waals surface area contributed by atoms with Crippen LogP contribution in [0.2, 0.25) is 0 Å². The van der Waals surface area contributed by atoms with E-state index in [4.69, 9.17) is 0 Å². The number of likely N-dealkylation sites (tertiary alicyclic amines) is 1. The van der Waals surface area contributed by atoms with E-state index in [2.05, 4.69) is 80.7 Å². The maximum atomic E-state index is 13.4. The van der Waals surface area contributed by atoms with Gasteiger partial charge in [-0.3, -0.25) is 34.3 Å². The molecular formula is C48H51N5O5. The van der Waals surface area contributed by atoms with Crippen LogP contribution >= 0.6 is 0 Å². The molecule has 4 aromatic carbocycles. The molecule has 10 heteroatoms. The highest BCUT2D eigenvalue weighted by Crippen LogP contribution is 2.47. The van der Waals surface area contributed by atoms with E-state index in [1.54, 1.807) is 0 Å². The fraction of sp³-hybridized carbons (Fsp3) is 0.417. The van der Waals surface area contributed by atoms with Gasteiger partial charge < -0.3 is 14.9 Å². The first-order chi connectivity index (χ1) is 28.3. The number of nitrogens with zero attached hydrogens (tertiary/aromatic N) is 4. The van der Waals surface area contributed by atoms with Gasteiger partial charge in [-0.25, -0.2) is 0 Å². The van der Waals surface area contributed by atoms with Crippen LogP contribution in [0.25, 0.3) is 0 Å². The van der Waals surface area contributed by atoms with E-state index in [1.165, 1.54) is 40.8 Å². The lowest BCUT2D eigenvalue weighted by Crippen LogP contribution is -2.54. The number of aryl methyl sites for hydroxylation is 1. The molecule has 4 aromatic rings. The molecule has 1 aliphatic carbocycles. The van der Waals surface area contributed by atoms with Crippen LogP contribution in [0, 0.1) is 5.92 Å². The van der Waals surface area contributed by atoms with Crippen molar-refractivity contribution in [3.05, 3.63) is 129 Å². The first-order valence-electron chi connectivity index (χ1n) is 21.3. The van der Waals surface area contributed by atoms with Crippen LogP contribution in [0.1, 0.15) is 111 Å². The number of rotatable bonds is 7. The highest BCUT2D eigenvalue weighted by molar-refractivity contribution is 6.23. The zero-order chi connectivity index (χ0) is 39.5. The Morgan fingerprint density at radius 2 is 1.34 bits per heavy atom. The molecule has 3 fully saturated rings. The Morgan fingerprint density at radius 3 is 2.02 bits per heavy atom. The second kappa shape index (κ2) is 15.1. The summed E-state index contributed by atoms with van der Waals surface area (Å²) in [6.45, 7) is 6.99. The molecule has 0 radical (unpaired) electrons. The van der Waals surface area contributed by atoms with E-state index in [9.17, 15) is 24.3 Å². The van der Waals surface area contributed by atoms with Crippen molar-refractivity contribution in [1.29, 1.82) is 0 Å². The number of amides is 4. The molecule has 3 atom stereocenters. The molecule has 4 amide bonds. The average Bonchev–Trinajstić information content (AvgIpc) is 3.77. The molecule has 6 aliphatic rings. The minimum absolute atomic E-state index is 0.116. The summed E-state index contributed by atoms with van der Waals surface area (Å²) in [5.74, 6) is -0.116. The summed E-state index contributed by atoms with van der Waals surface area (Å²) in [4.78, 5) is 59.7. The predicted molar refractivity (Wildman–Crippen MR) is 221 cm³/mol. The Balaban J connectivity index is 0.716. The zero-order valence-electron chi connectivity index (χ0n) is 32.9. The van der Waals surface area contributed by atoms with Gasteiger partial charge in [-0.1, -0.05) is 48.5 Å². The van der Waals surface area contributed by atoms with E-state index in [0.717, 1.165) is 87.5 Å². The molecule has 5 aliphatic heterocycles. The van der Waals surface area contributed by atoms with Crippen molar-refractivity contribution in [3.8, 4) is 5.75 Å². The van der Waals surface area contributed by atoms with Crippen LogP contribution in [0.5, 0.6) is 5.75 Å². The van der Waals surface area contributed by atoms with Crippen molar-refractivity contribution in [3.63, 3.8) is 0 Å². The number of piperidine rings is 3. The van der Waals surface area contributed by atoms with Crippen LogP contribution in [-0.2, 0) is 29.1 Å². The van der Waals surface area contributed by atoms with Crippen LogP contribution < -0.4 is 10.2 Å². The molecule has 0 bridgehead atoms. The van der Waals surface area contributed by atoms with Crippen molar-refractivity contribution in [2.75, 3.05) is 37.6 Å². The molecule has 58 heavy (non-hydrogen) atoms. The van der Waals surface area contributed by atoms with Gasteiger partial charge in [-0.15, -0.1) is 0 Å². The summed E-state index contributed by atoms with van der Waals surface area (Å²) < 4.78 is 0. The molecule has 5 heterocycles. The molecular weight excluding hydrogens is 727 g/mol. The van der Waals surface area contributed by atoms with Crippen molar-refractivity contribution in [2.24, 2.45) is 5.92 Å². The number of nitrogens with one attached hydrogen (secondary N) is 1. The topological polar surface area (TPSA) is 114 Å². The standard InChI is InChI=1S/C48H51N5O5/c54-38-11-13-40-33(24-38)8-12-39(31-4-2-1-3-5-31)45(40)32-6-9-36(10-7-32)51-22-16-30(17-23-51)27-50-20-18-37(19-21-50)52-28-34-25-41-42(26-35(34)29-52)48(58)53(47(41)57)43-14-15-44(55)49-46(43)56/h1-7,9-11,13,24-26,30,37,39,43,45,54H,8,12,14-23,27-29H2,(H,49,55,56). The van der Waals surface area contributed by atoms with Gasteiger partial charge >= 0.3 is 0 Å². The highest BCUT2D eigenvalue weighted by atomic mass is 16.3. The van der Waals surface area contributed by atoms with Gasteiger partial charge in [0.1, 0.15) is 11.8 Å². The molecule has 298 valence electrons. The molecule has 10 nitrogen and oxygen atoms in total. The lowest BCUT2D eigenvalue weighted by Gasteiger charge is -2.40.